The van der Waals surface area contributed by atoms with Crippen molar-refractivity contribution in [2.24, 2.45) is 0 Å². The molecule has 46 heavy (non-hydrogen) atoms. The van der Waals surface area contributed by atoms with Crippen molar-refractivity contribution in [2.45, 2.75) is 19.3 Å². The minimum atomic E-state index is -0.0640. The number of hydrogen-bond acceptors (Lipinski definition) is 4. The molecule has 8 aromatic rings. The molecule has 0 radical (unpaired) electrons. The third-order valence-corrected chi connectivity index (χ3v) is 9.35. The van der Waals surface area contributed by atoms with Crippen LogP contribution < -0.4 is 0 Å². The van der Waals surface area contributed by atoms with Crippen molar-refractivity contribution in [3.63, 3.8) is 0 Å². The molecule has 6 aromatic carbocycles. The van der Waals surface area contributed by atoms with Crippen LogP contribution in [0.4, 0.5) is 0 Å². The zero-order chi connectivity index (χ0) is 30.8. The van der Waals surface area contributed by atoms with Crippen LogP contribution in [0.3, 0.4) is 0 Å². The number of benzene rings is 6. The summed E-state index contributed by atoms with van der Waals surface area (Å²) < 4.78 is 6.20. The smallest absolute Gasteiger partial charge is 0.164 e. The first-order chi connectivity index (χ1) is 22.5. The van der Waals surface area contributed by atoms with E-state index in [2.05, 4.69) is 92.7 Å². The normalized spacial score (nSPS) is 13.2. The number of aromatic nitrogens is 3. The molecule has 0 spiro atoms. The van der Waals surface area contributed by atoms with E-state index in [0.717, 1.165) is 44.2 Å². The second-order valence-corrected chi connectivity index (χ2v) is 12.5. The highest BCUT2D eigenvalue weighted by Crippen LogP contribution is 2.49. The molecule has 1 aliphatic carbocycles. The van der Waals surface area contributed by atoms with Gasteiger partial charge in [-0.3, -0.25) is 0 Å². The number of para-hydroxylation sites is 1. The van der Waals surface area contributed by atoms with Crippen LogP contribution in [-0.2, 0) is 5.41 Å². The lowest BCUT2D eigenvalue weighted by Gasteiger charge is -2.22. The molecule has 0 saturated carbocycles. The second-order valence-electron chi connectivity index (χ2n) is 12.5. The average Bonchev–Trinajstić information content (AvgIpc) is 3.61. The van der Waals surface area contributed by atoms with Gasteiger partial charge in [-0.25, -0.2) is 15.0 Å². The Kier molecular flexibility index (Phi) is 5.81. The first-order valence-corrected chi connectivity index (χ1v) is 15.6. The van der Waals surface area contributed by atoms with Crippen LogP contribution in [0.2, 0.25) is 0 Å². The first-order valence-electron chi connectivity index (χ1n) is 15.6. The van der Waals surface area contributed by atoms with Crippen molar-refractivity contribution in [1.29, 1.82) is 0 Å². The predicted molar refractivity (Wildman–Crippen MR) is 186 cm³/mol. The Balaban J connectivity index is 1.20. The monoisotopic (exact) mass is 591 g/mol. The van der Waals surface area contributed by atoms with Crippen LogP contribution in [0, 0.1) is 0 Å². The van der Waals surface area contributed by atoms with E-state index in [0.29, 0.717) is 17.5 Å². The molecule has 0 unspecified atom stereocenters. The third-order valence-electron chi connectivity index (χ3n) is 9.35. The van der Waals surface area contributed by atoms with Gasteiger partial charge in [0.1, 0.15) is 11.2 Å². The summed E-state index contributed by atoms with van der Waals surface area (Å²) in [6.45, 7) is 4.64. The van der Waals surface area contributed by atoms with E-state index in [1.165, 1.54) is 27.8 Å². The number of nitrogens with zero attached hydrogens (tertiary/aromatic N) is 3. The topological polar surface area (TPSA) is 51.8 Å². The van der Waals surface area contributed by atoms with Gasteiger partial charge in [0, 0.05) is 32.9 Å². The molecule has 4 nitrogen and oxygen atoms in total. The van der Waals surface area contributed by atoms with E-state index in [9.17, 15) is 0 Å². The maximum absolute atomic E-state index is 6.20. The Morgan fingerprint density at radius 3 is 1.93 bits per heavy atom. The molecule has 0 amide bonds. The van der Waals surface area contributed by atoms with E-state index in [-0.39, 0.29) is 5.41 Å². The molecular weight excluding hydrogens is 562 g/mol. The Labute approximate surface area is 267 Å². The van der Waals surface area contributed by atoms with Crippen molar-refractivity contribution >= 4 is 21.9 Å². The van der Waals surface area contributed by atoms with Gasteiger partial charge in [0.15, 0.2) is 17.5 Å². The Morgan fingerprint density at radius 2 is 1.04 bits per heavy atom. The number of fused-ring (bicyclic) bond motifs is 6. The van der Waals surface area contributed by atoms with E-state index >= 15 is 0 Å². The summed E-state index contributed by atoms with van der Waals surface area (Å²) in [6.07, 6.45) is 0. The molecule has 0 atom stereocenters. The van der Waals surface area contributed by atoms with E-state index in [4.69, 9.17) is 19.4 Å². The maximum Gasteiger partial charge on any atom is 0.164 e. The van der Waals surface area contributed by atoms with Crippen molar-refractivity contribution in [3.05, 3.63) is 151 Å². The fourth-order valence-electron chi connectivity index (χ4n) is 7.02. The summed E-state index contributed by atoms with van der Waals surface area (Å²) in [5.41, 5.74) is 12.1. The molecule has 4 heteroatoms. The van der Waals surface area contributed by atoms with Crippen molar-refractivity contribution in [1.82, 2.24) is 15.0 Å². The van der Waals surface area contributed by atoms with Crippen LogP contribution in [0.5, 0.6) is 0 Å². The fraction of sp³-hybridized carbons (Fsp3) is 0.0714. The summed E-state index contributed by atoms with van der Waals surface area (Å²) >= 11 is 0. The van der Waals surface area contributed by atoms with Gasteiger partial charge in [-0.15, -0.1) is 0 Å². The molecule has 2 heterocycles. The highest BCUT2D eigenvalue weighted by atomic mass is 16.3. The predicted octanol–water partition coefficient (Wildman–Crippen LogP) is 10.7. The quantitative estimate of drug-likeness (QED) is 0.204. The average molecular weight is 592 g/mol. The van der Waals surface area contributed by atoms with Gasteiger partial charge in [0.05, 0.1) is 0 Å². The second kappa shape index (κ2) is 10.1. The fourth-order valence-corrected chi connectivity index (χ4v) is 7.02. The molecule has 2 aromatic heterocycles. The summed E-state index contributed by atoms with van der Waals surface area (Å²) in [5, 5.41) is 2.05. The first kappa shape index (κ1) is 26.5. The third kappa shape index (κ3) is 4.11. The highest BCUT2D eigenvalue weighted by molar-refractivity contribution is 6.11. The molecule has 0 saturated heterocycles. The van der Waals surface area contributed by atoms with E-state index < -0.39 is 0 Å². The van der Waals surface area contributed by atoms with Gasteiger partial charge in [0.2, 0.25) is 0 Å². The standard InChI is InChI=1S/C42H29N3O/c1-42(2)34-19-8-6-16-30(34)31-23-22-28(25-35(31)42)27-14-10-15-29(24-27)40-43-39(26-12-4-3-5-13-26)44-41(45-40)33-18-11-21-37-38(33)32-17-7-9-20-36(32)46-37/h3-25H,1-2H3. The van der Waals surface area contributed by atoms with Gasteiger partial charge in [-0.2, -0.15) is 0 Å². The van der Waals surface area contributed by atoms with Gasteiger partial charge < -0.3 is 4.42 Å². The van der Waals surface area contributed by atoms with Crippen molar-refractivity contribution in [2.75, 3.05) is 0 Å². The summed E-state index contributed by atoms with van der Waals surface area (Å²) in [4.78, 5) is 15.2. The number of rotatable bonds is 4. The summed E-state index contributed by atoms with van der Waals surface area (Å²) in [5.74, 6) is 1.88. The van der Waals surface area contributed by atoms with Crippen molar-refractivity contribution in [3.8, 4) is 56.4 Å². The minimum absolute atomic E-state index is 0.0640. The number of furan rings is 1. The molecule has 0 fully saturated rings. The minimum Gasteiger partial charge on any atom is -0.456 e. The Bertz CT molecular complexity index is 2460. The van der Waals surface area contributed by atoms with Gasteiger partial charge in [-0.1, -0.05) is 129 Å². The van der Waals surface area contributed by atoms with Crippen LogP contribution in [0.1, 0.15) is 25.0 Å². The van der Waals surface area contributed by atoms with Crippen LogP contribution in [0.15, 0.2) is 144 Å². The van der Waals surface area contributed by atoms with Crippen molar-refractivity contribution < 1.29 is 4.42 Å². The molecule has 9 rings (SSSR count). The molecule has 218 valence electrons. The van der Waals surface area contributed by atoms with E-state index in [1.54, 1.807) is 0 Å². The van der Waals surface area contributed by atoms with Crippen LogP contribution in [0.25, 0.3) is 78.4 Å². The largest absolute Gasteiger partial charge is 0.456 e. The SMILES string of the molecule is CC1(C)c2ccccc2-c2ccc(-c3cccc(-c4nc(-c5ccccc5)nc(-c5cccc6oc7ccccc7c56)n4)c3)cc21. The Morgan fingerprint density at radius 1 is 0.435 bits per heavy atom. The molecular formula is C42H29N3O. The zero-order valence-corrected chi connectivity index (χ0v) is 25.5. The lowest BCUT2D eigenvalue weighted by atomic mass is 9.81. The van der Waals surface area contributed by atoms with Gasteiger partial charge in [-0.05, 0) is 57.6 Å². The van der Waals surface area contributed by atoms with Crippen LogP contribution >= 0.6 is 0 Å². The number of hydrogen-bond donors (Lipinski definition) is 0. The summed E-state index contributed by atoms with van der Waals surface area (Å²) in [6, 6.07) is 48.4. The Hall–Kier alpha value is -5.87. The van der Waals surface area contributed by atoms with Gasteiger partial charge >= 0.3 is 0 Å². The molecule has 0 aliphatic heterocycles. The molecule has 1 aliphatic rings. The molecule has 0 bridgehead atoms. The van der Waals surface area contributed by atoms with Gasteiger partial charge in [0.25, 0.3) is 0 Å². The van der Waals surface area contributed by atoms with E-state index in [1.807, 2.05) is 60.7 Å². The summed E-state index contributed by atoms with van der Waals surface area (Å²) in [7, 11) is 0. The maximum atomic E-state index is 6.20. The lowest BCUT2D eigenvalue weighted by Crippen LogP contribution is -2.14. The zero-order valence-electron chi connectivity index (χ0n) is 25.5. The molecule has 0 N–H and O–H groups in total. The highest BCUT2D eigenvalue weighted by Gasteiger charge is 2.35. The van der Waals surface area contributed by atoms with Crippen LogP contribution in [-0.4, -0.2) is 15.0 Å². The lowest BCUT2D eigenvalue weighted by molar-refractivity contribution is 0.660.